The van der Waals surface area contributed by atoms with Crippen molar-refractivity contribution in [2.75, 3.05) is 11.9 Å². The van der Waals surface area contributed by atoms with Crippen molar-refractivity contribution in [3.8, 4) is 0 Å². The van der Waals surface area contributed by atoms with Gasteiger partial charge in [-0.25, -0.2) is 4.98 Å². The number of hydrogen-bond acceptors (Lipinski definition) is 4. The minimum absolute atomic E-state index is 0.0299. The molecule has 1 aliphatic heterocycles. The number of carbonyl (C=O) groups excluding carboxylic acids is 3. The first-order chi connectivity index (χ1) is 13.4. The molecule has 1 aromatic heterocycles. The Hall–Kier alpha value is -2.93. The van der Waals surface area contributed by atoms with Gasteiger partial charge in [-0.1, -0.05) is 30.7 Å². The van der Waals surface area contributed by atoms with Gasteiger partial charge in [0.2, 0.25) is 0 Å². The average molecular weight is 401 g/mol. The lowest BCUT2D eigenvalue weighted by molar-refractivity contribution is -0.146. The van der Waals surface area contributed by atoms with Gasteiger partial charge in [-0.2, -0.15) is 0 Å². The Morgan fingerprint density at radius 3 is 2.71 bits per heavy atom. The molecule has 28 heavy (non-hydrogen) atoms. The van der Waals surface area contributed by atoms with Crippen LogP contribution in [0.25, 0.3) is 0 Å². The standard InChI is InChI=1S/C20H21ClN4O3/c1-12-7-8-16(13-4-2-5-14(21)10-13)25(11-12)20(28)19(27)24-18-15(17(22)26)6-3-9-23-18/h2-6,9-10,12,16H,7-8,11H2,1H3,(H2,22,26)(H,23,24,27)/t12-,16+/m1/s1. The summed E-state index contributed by atoms with van der Waals surface area (Å²) in [5, 5.41) is 3.00. The quantitative estimate of drug-likeness (QED) is 0.772. The van der Waals surface area contributed by atoms with Crippen LogP contribution in [0.1, 0.15) is 41.7 Å². The summed E-state index contributed by atoms with van der Waals surface area (Å²) in [6, 6.07) is 10.0. The number of likely N-dealkylation sites (tertiary alicyclic amines) is 1. The molecule has 1 aromatic carbocycles. The summed E-state index contributed by atoms with van der Waals surface area (Å²) >= 11 is 6.10. The number of benzene rings is 1. The van der Waals surface area contributed by atoms with Gasteiger partial charge >= 0.3 is 11.8 Å². The summed E-state index contributed by atoms with van der Waals surface area (Å²) in [6.45, 7) is 2.49. The molecular weight excluding hydrogens is 380 g/mol. The zero-order valence-corrected chi connectivity index (χ0v) is 16.1. The number of halogens is 1. The number of rotatable bonds is 3. The van der Waals surface area contributed by atoms with Crippen LogP contribution in [0.3, 0.4) is 0 Å². The zero-order valence-electron chi connectivity index (χ0n) is 15.4. The molecule has 0 radical (unpaired) electrons. The van der Waals surface area contributed by atoms with Crippen LogP contribution in [0.5, 0.6) is 0 Å². The van der Waals surface area contributed by atoms with E-state index >= 15 is 0 Å². The molecule has 0 bridgehead atoms. The van der Waals surface area contributed by atoms with Crippen LogP contribution in [0.4, 0.5) is 5.82 Å². The molecular formula is C20H21ClN4O3. The van der Waals surface area contributed by atoms with Gasteiger partial charge < -0.3 is 16.0 Å². The molecule has 3 amide bonds. The third-order valence-corrected chi connectivity index (χ3v) is 5.05. The molecule has 3 N–H and O–H groups in total. The van der Waals surface area contributed by atoms with Crippen LogP contribution in [0, 0.1) is 5.92 Å². The van der Waals surface area contributed by atoms with Crippen LogP contribution in [-0.4, -0.2) is 34.2 Å². The number of primary amides is 1. The van der Waals surface area contributed by atoms with Crippen molar-refractivity contribution >= 4 is 35.1 Å². The molecule has 2 aromatic rings. The third kappa shape index (κ3) is 4.31. The number of nitrogens with two attached hydrogens (primary N) is 1. The van der Waals surface area contributed by atoms with Gasteiger partial charge in [-0.3, -0.25) is 14.4 Å². The van der Waals surface area contributed by atoms with Gasteiger partial charge in [0, 0.05) is 17.8 Å². The predicted octanol–water partition coefficient (Wildman–Crippen LogP) is 2.77. The van der Waals surface area contributed by atoms with Crippen molar-refractivity contribution in [2.45, 2.75) is 25.8 Å². The van der Waals surface area contributed by atoms with Crippen LogP contribution in [0.15, 0.2) is 42.6 Å². The smallest absolute Gasteiger partial charge is 0.315 e. The molecule has 0 saturated carbocycles. The SMILES string of the molecule is C[C@@H]1CC[C@@H](c2cccc(Cl)c2)N(C(=O)C(=O)Nc2ncccc2C(N)=O)C1. The van der Waals surface area contributed by atoms with E-state index in [1.165, 1.54) is 18.3 Å². The first-order valence-corrected chi connectivity index (χ1v) is 9.37. The Morgan fingerprint density at radius 2 is 2.00 bits per heavy atom. The summed E-state index contributed by atoms with van der Waals surface area (Å²) in [4.78, 5) is 42.6. The molecule has 1 saturated heterocycles. The number of carbonyl (C=O) groups is 3. The normalized spacial score (nSPS) is 19.1. The lowest BCUT2D eigenvalue weighted by Gasteiger charge is -2.38. The van der Waals surface area contributed by atoms with Crippen molar-refractivity contribution in [1.82, 2.24) is 9.88 Å². The van der Waals surface area contributed by atoms with E-state index in [1.807, 2.05) is 25.1 Å². The second kappa shape index (κ2) is 8.39. The van der Waals surface area contributed by atoms with Gasteiger partial charge in [0.25, 0.3) is 5.91 Å². The van der Waals surface area contributed by atoms with Gasteiger partial charge in [0.05, 0.1) is 11.6 Å². The Balaban J connectivity index is 1.84. The van der Waals surface area contributed by atoms with Crippen LogP contribution in [0.2, 0.25) is 5.02 Å². The first-order valence-electron chi connectivity index (χ1n) is 8.99. The number of pyridine rings is 1. The number of aromatic nitrogens is 1. The highest BCUT2D eigenvalue weighted by molar-refractivity contribution is 6.39. The van der Waals surface area contributed by atoms with E-state index in [-0.39, 0.29) is 23.3 Å². The topological polar surface area (TPSA) is 105 Å². The van der Waals surface area contributed by atoms with Gasteiger partial charge in [-0.15, -0.1) is 0 Å². The summed E-state index contributed by atoms with van der Waals surface area (Å²) in [6.07, 6.45) is 3.08. The van der Waals surface area contributed by atoms with Crippen LogP contribution >= 0.6 is 11.6 Å². The summed E-state index contributed by atoms with van der Waals surface area (Å²) in [7, 11) is 0. The van der Waals surface area contributed by atoms with E-state index in [2.05, 4.69) is 10.3 Å². The second-order valence-corrected chi connectivity index (χ2v) is 7.37. The minimum atomic E-state index is -0.859. The molecule has 0 aliphatic carbocycles. The fraction of sp³-hybridized carbons (Fsp3) is 0.300. The highest BCUT2D eigenvalue weighted by Gasteiger charge is 2.34. The predicted molar refractivity (Wildman–Crippen MR) is 106 cm³/mol. The van der Waals surface area contributed by atoms with Gasteiger partial charge in [0.1, 0.15) is 5.82 Å². The number of amides is 3. The maximum absolute atomic E-state index is 12.9. The third-order valence-electron chi connectivity index (χ3n) is 4.81. The number of anilines is 1. The Labute approximate surface area is 167 Å². The monoisotopic (exact) mass is 400 g/mol. The van der Waals surface area contributed by atoms with E-state index < -0.39 is 17.7 Å². The largest absolute Gasteiger partial charge is 0.365 e. The molecule has 2 heterocycles. The van der Waals surface area contributed by atoms with E-state index in [0.717, 1.165) is 18.4 Å². The van der Waals surface area contributed by atoms with E-state index in [9.17, 15) is 14.4 Å². The number of hydrogen-bond donors (Lipinski definition) is 2. The van der Waals surface area contributed by atoms with Crippen LogP contribution < -0.4 is 11.1 Å². The highest BCUT2D eigenvalue weighted by atomic mass is 35.5. The molecule has 146 valence electrons. The van der Waals surface area contributed by atoms with E-state index in [4.69, 9.17) is 17.3 Å². The summed E-state index contributed by atoms with van der Waals surface area (Å²) in [5.74, 6) is -2.04. The minimum Gasteiger partial charge on any atom is -0.365 e. The molecule has 1 aliphatic rings. The number of piperidine rings is 1. The van der Waals surface area contributed by atoms with Crippen molar-refractivity contribution in [3.05, 3.63) is 58.7 Å². The average Bonchev–Trinajstić information content (AvgIpc) is 2.67. The fourth-order valence-electron chi connectivity index (χ4n) is 3.43. The molecule has 3 rings (SSSR count). The zero-order chi connectivity index (χ0) is 20.3. The molecule has 0 unspecified atom stereocenters. The lowest BCUT2D eigenvalue weighted by atomic mass is 9.90. The molecule has 0 spiro atoms. The maximum Gasteiger partial charge on any atom is 0.315 e. The number of nitrogens with one attached hydrogen (secondary N) is 1. The first kappa shape index (κ1) is 19.8. The molecule has 7 nitrogen and oxygen atoms in total. The van der Waals surface area contributed by atoms with Gasteiger partial charge in [-0.05, 0) is 48.6 Å². The van der Waals surface area contributed by atoms with Crippen molar-refractivity contribution in [3.63, 3.8) is 0 Å². The van der Waals surface area contributed by atoms with E-state index in [0.29, 0.717) is 11.6 Å². The van der Waals surface area contributed by atoms with Crippen LogP contribution in [-0.2, 0) is 9.59 Å². The molecule has 2 atom stereocenters. The van der Waals surface area contributed by atoms with Crippen molar-refractivity contribution in [1.29, 1.82) is 0 Å². The maximum atomic E-state index is 12.9. The molecule has 8 heteroatoms. The Bertz CT molecular complexity index is 918. The van der Waals surface area contributed by atoms with Gasteiger partial charge in [0.15, 0.2) is 0 Å². The van der Waals surface area contributed by atoms with E-state index in [1.54, 1.807) is 11.0 Å². The summed E-state index contributed by atoms with van der Waals surface area (Å²) < 4.78 is 0. The van der Waals surface area contributed by atoms with Crippen molar-refractivity contribution < 1.29 is 14.4 Å². The summed E-state index contributed by atoms with van der Waals surface area (Å²) in [5.41, 5.74) is 6.23. The van der Waals surface area contributed by atoms with Crippen molar-refractivity contribution in [2.24, 2.45) is 11.7 Å². The highest BCUT2D eigenvalue weighted by Crippen LogP contribution is 2.34. The second-order valence-electron chi connectivity index (χ2n) is 6.93. The fourth-order valence-corrected chi connectivity index (χ4v) is 3.63. The number of nitrogens with zero attached hydrogens (tertiary/aromatic N) is 2. The molecule has 1 fully saturated rings. The Morgan fingerprint density at radius 1 is 1.21 bits per heavy atom. The Kier molecular flexibility index (Phi) is 5.94. The lowest BCUT2D eigenvalue weighted by Crippen LogP contribution is -2.46.